The molecule has 3 aromatic carbocycles. The molecule has 0 spiro atoms. The van der Waals surface area contributed by atoms with E-state index >= 15 is 0 Å². The third-order valence-electron chi connectivity index (χ3n) is 4.95. The van der Waals surface area contributed by atoms with Crippen molar-refractivity contribution in [3.05, 3.63) is 118 Å². The smallest absolute Gasteiger partial charge is 0.427 e. The highest BCUT2D eigenvalue weighted by Gasteiger charge is 2.22. The lowest BCUT2D eigenvalue weighted by Crippen LogP contribution is -2.47. The minimum absolute atomic E-state index is 0.0818. The average Bonchev–Trinajstić information content (AvgIpc) is 3.17. The fourth-order valence-corrected chi connectivity index (χ4v) is 3.23. The Balaban J connectivity index is 1.67. The molecular formula is C25H23N5O3. The first-order valence-electron chi connectivity index (χ1n) is 10.4. The molecule has 4 aromatic rings. The van der Waals surface area contributed by atoms with Gasteiger partial charge in [-0.25, -0.2) is 4.79 Å². The number of aromatic nitrogens is 3. The zero-order valence-corrected chi connectivity index (χ0v) is 18.1. The van der Waals surface area contributed by atoms with Gasteiger partial charge in [0.05, 0.1) is 19.9 Å². The number of methoxy groups -OCH3 is 1. The molecule has 0 bridgehead atoms. The first-order valence-corrected chi connectivity index (χ1v) is 10.4. The number of H-pyrrole nitrogens is 1. The molecule has 166 valence electrons. The van der Waals surface area contributed by atoms with Crippen LogP contribution in [0.1, 0.15) is 22.4 Å². The molecule has 0 aliphatic rings. The molecule has 0 fully saturated rings. The van der Waals surface area contributed by atoms with E-state index in [1.165, 1.54) is 10.9 Å². The molecular weight excluding hydrogens is 418 g/mol. The molecule has 0 aliphatic heterocycles. The quantitative estimate of drug-likeness (QED) is 0.256. The van der Waals surface area contributed by atoms with Crippen molar-refractivity contribution in [1.82, 2.24) is 10.0 Å². The maximum Gasteiger partial charge on any atom is 0.427 e. The number of aliphatic imine (C=N–C) groups is 1. The maximum absolute atomic E-state index is 13.1. The fourth-order valence-electron chi connectivity index (χ4n) is 3.23. The van der Waals surface area contributed by atoms with E-state index in [0.717, 1.165) is 27.2 Å². The number of nitrogens with zero attached hydrogens (tertiary/aromatic N) is 4. The summed E-state index contributed by atoms with van der Waals surface area (Å²) in [4.78, 5) is 18.2. The Labute approximate surface area is 190 Å². The van der Waals surface area contributed by atoms with E-state index < -0.39 is 11.5 Å². The van der Waals surface area contributed by atoms with Crippen molar-refractivity contribution in [2.45, 2.75) is 13.1 Å². The number of benzene rings is 3. The van der Waals surface area contributed by atoms with Crippen LogP contribution in [-0.2, 0) is 13.1 Å². The number of ether oxygens (including phenoxy) is 1. The second kappa shape index (κ2) is 10.2. The van der Waals surface area contributed by atoms with Gasteiger partial charge in [0.1, 0.15) is 12.3 Å². The van der Waals surface area contributed by atoms with E-state index in [4.69, 9.17) is 4.74 Å². The van der Waals surface area contributed by atoms with Crippen molar-refractivity contribution in [3.63, 3.8) is 0 Å². The zero-order chi connectivity index (χ0) is 23.0. The SMILES string of the molecule is COc1ccc(C=Nn2[nH][n+](Cc3ccccc3)c(C([O-])=NCc3ccccc3)c2=O)cc1. The van der Waals surface area contributed by atoms with Crippen LogP contribution >= 0.6 is 0 Å². The molecule has 0 amide bonds. The monoisotopic (exact) mass is 441 g/mol. The third kappa shape index (κ3) is 5.43. The predicted octanol–water partition coefficient (Wildman–Crippen LogP) is 1.71. The standard InChI is InChI=1S/C25H23N5O3/c1-33-22-14-12-20(13-15-22)17-27-30-25(32)23(24(31)26-16-19-8-4-2-5-9-19)29(28-30)18-21-10-6-3-7-11-21/h2-15,17H,16,18H2,1H3,(H-,26,28,31,32). The van der Waals surface area contributed by atoms with Gasteiger partial charge in [0.25, 0.3) is 5.69 Å². The Morgan fingerprint density at radius 1 is 1.00 bits per heavy atom. The predicted molar refractivity (Wildman–Crippen MR) is 123 cm³/mol. The fraction of sp³-hybridized carbons (Fsp3) is 0.120. The number of hydrogen-bond acceptors (Lipinski definition) is 5. The van der Waals surface area contributed by atoms with Crippen LogP contribution in [0.4, 0.5) is 0 Å². The minimum Gasteiger partial charge on any atom is -0.856 e. The lowest BCUT2D eigenvalue weighted by atomic mass is 10.2. The third-order valence-corrected chi connectivity index (χ3v) is 4.95. The maximum atomic E-state index is 13.1. The number of rotatable bonds is 8. The molecule has 1 N–H and O–H groups in total. The van der Waals surface area contributed by atoms with E-state index in [9.17, 15) is 9.90 Å². The molecule has 1 aromatic heterocycles. The van der Waals surface area contributed by atoms with Gasteiger partial charge >= 0.3 is 5.56 Å². The van der Waals surface area contributed by atoms with Gasteiger partial charge in [-0.2, -0.15) is 0 Å². The van der Waals surface area contributed by atoms with Crippen molar-refractivity contribution in [2.24, 2.45) is 10.1 Å². The van der Waals surface area contributed by atoms with E-state index in [-0.39, 0.29) is 12.2 Å². The molecule has 0 unspecified atom stereocenters. The summed E-state index contributed by atoms with van der Waals surface area (Å²) in [6.07, 6.45) is 1.53. The van der Waals surface area contributed by atoms with Gasteiger partial charge in [-0.15, -0.1) is 4.68 Å². The van der Waals surface area contributed by atoms with E-state index in [2.05, 4.69) is 15.3 Å². The van der Waals surface area contributed by atoms with Gasteiger partial charge in [0.2, 0.25) is 0 Å². The zero-order valence-electron chi connectivity index (χ0n) is 18.1. The summed E-state index contributed by atoms with van der Waals surface area (Å²) in [5.74, 6) is 0.118. The van der Waals surface area contributed by atoms with E-state index in [0.29, 0.717) is 6.54 Å². The van der Waals surface area contributed by atoms with Crippen molar-refractivity contribution < 1.29 is 14.5 Å². The average molecular weight is 441 g/mol. The molecule has 33 heavy (non-hydrogen) atoms. The number of aromatic amines is 1. The second-order valence-electron chi connectivity index (χ2n) is 7.26. The first kappa shape index (κ1) is 21.8. The van der Waals surface area contributed by atoms with E-state index in [1.807, 2.05) is 72.8 Å². The lowest BCUT2D eigenvalue weighted by Gasteiger charge is -2.07. The van der Waals surface area contributed by atoms with Crippen LogP contribution in [0.5, 0.6) is 5.75 Å². The van der Waals surface area contributed by atoms with Crippen LogP contribution < -0.4 is 20.1 Å². The van der Waals surface area contributed by atoms with Crippen LogP contribution in [0.3, 0.4) is 0 Å². The van der Waals surface area contributed by atoms with Gasteiger partial charge in [-0.05, 0) is 41.0 Å². The molecule has 1 heterocycles. The van der Waals surface area contributed by atoms with Crippen LogP contribution in [0.25, 0.3) is 0 Å². The molecule has 0 radical (unpaired) electrons. The van der Waals surface area contributed by atoms with Crippen molar-refractivity contribution >= 4 is 12.1 Å². The normalized spacial score (nSPS) is 11.7. The lowest BCUT2D eigenvalue weighted by molar-refractivity contribution is -0.750. The van der Waals surface area contributed by atoms with Gasteiger partial charge in [-0.1, -0.05) is 71.0 Å². The van der Waals surface area contributed by atoms with Gasteiger partial charge in [-0.3, -0.25) is 4.99 Å². The molecule has 8 heteroatoms. The summed E-state index contributed by atoms with van der Waals surface area (Å²) < 4.78 is 6.62. The van der Waals surface area contributed by atoms with Crippen LogP contribution in [0, 0.1) is 0 Å². The summed E-state index contributed by atoms with van der Waals surface area (Å²) in [6, 6.07) is 26.2. The highest BCUT2D eigenvalue weighted by molar-refractivity contribution is 5.86. The summed E-state index contributed by atoms with van der Waals surface area (Å²) in [5, 5.41) is 20.0. The number of nitrogens with one attached hydrogen (secondary N) is 1. The second-order valence-corrected chi connectivity index (χ2v) is 7.26. The summed E-state index contributed by atoms with van der Waals surface area (Å²) in [6.45, 7) is 0.480. The Hall–Kier alpha value is -4.46. The Morgan fingerprint density at radius 3 is 2.27 bits per heavy atom. The van der Waals surface area contributed by atoms with Gasteiger partial charge in [0.15, 0.2) is 0 Å². The molecule has 0 saturated carbocycles. The molecule has 0 saturated heterocycles. The van der Waals surface area contributed by atoms with Crippen molar-refractivity contribution in [1.29, 1.82) is 0 Å². The molecule has 4 rings (SSSR count). The highest BCUT2D eigenvalue weighted by Crippen LogP contribution is 2.09. The van der Waals surface area contributed by atoms with Crippen LogP contribution in [-0.4, -0.2) is 29.2 Å². The molecule has 0 aliphatic carbocycles. The summed E-state index contributed by atoms with van der Waals surface area (Å²) in [7, 11) is 1.59. The van der Waals surface area contributed by atoms with Gasteiger partial charge in [0, 0.05) is 10.7 Å². The Kier molecular flexibility index (Phi) is 6.75. The topological polar surface area (TPSA) is 98.7 Å². The van der Waals surface area contributed by atoms with Crippen molar-refractivity contribution in [3.8, 4) is 5.75 Å². The Morgan fingerprint density at radius 2 is 1.64 bits per heavy atom. The summed E-state index contributed by atoms with van der Waals surface area (Å²) in [5.41, 5.74) is 1.92. The summed E-state index contributed by atoms with van der Waals surface area (Å²) >= 11 is 0. The largest absolute Gasteiger partial charge is 0.856 e. The minimum atomic E-state index is -0.602. The molecule has 0 atom stereocenters. The Bertz CT molecular complexity index is 1310. The van der Waals surface area contributed by atoms with Crippen LogP contribution in [0.15, 0.2) is 99.8 Å². The van der Waals surface area contributed by atoms with Crippen LogP contribution in [0.2, 0.25) is 0 Å². The highest BCUT2D eigenvalue weighted by atomic mass is 16.5. The first-order chi connectivity index (χ1) is 16.1. The van der Waals surface area contributed by atoms with Crippen molar-refractivity contribution in [2.75, 3.05) is 7.11 Å². The van der Waals surface area contributed by atoms with E-state index in [1.54, 1.807) is 19.2 Å². The van der Waals surface area contributed by atoms with Gasteiger partial charge < -0.3 is 9.84 Å². The number of hydrogen-bond donors (Lipinski definition) is 1. The molecule has 8 nitrogen and oxygen atoms in total.